The molecule has 0 saturated heterocycles. The summed E-state index contributed by atoms with van der Waals surface area (Å²) >= 11 is 0. The average molecular weight is 260 g/mol. The lowest BCUT2D eigenvalue weighted by atomic mass is 10.0. The van der Waals surface area contributed by atoms with Gasteiger partial charge in [0.15, 0.2) is 5.78 Å². The molecule has 0 aliphatic heterocycles. The normalized spacial score (nSPS) is 10.2. The molecule has 0 radical (unpaired) electrons. The van der Waals surface area contributed by atoms with Gasteiger partial charge in [0.1, 0.15) is 5.82 Å². The van der Waals surface area contributed by atoms with E-state index in [-0.39, 0.29) is 22.5 Å². The smallest absolute Gasteiger partial charge is 0.271 e. The van der Waals surface area contributed by atoms with E-state index in [2.05, 4.69) is 0 Å². The number of nitrogen functional groups attached to an aromatic ring is 1. The molecule has 0 heterocycles. The van der Waals surface area contributed by atoms with Gasteiger partial charge in [-0.05, 0) is 18.2 Å². The number of carbonyl (C=O) groups excluding carboxylic acids is 1. The molecule has 0 spiro atoms. The molecule has 0 fully saturated rings. The SMILES string of the molecule is Nc1cc([N+](=O)[O-])ccc1C(=O)c1ccccc1F. The average Bonchev–Trinajstić information content (AvgIpc) is 2.38. The van der Waals surface area contributed by atoms with Crippen molar-refractivity contribution in [3.05, 3.63) is 69.5 Å². The number of nitro groups is 1. The highest BCUT2D eigenvalue weighted by atomic mass is 19.1. The van der Waals surface area contributed by atoms with Gasteiger partial charge in [-0.1, -0.05) is 12.1 Å². The van der Waals surface area contributed by atoms with E-state index in [1.54, 1.807) is 0 Å². The Labute approximate surface area is 107 Å². The van der Waals surface area contributed by atoms with Gasteiger partial charge in [-0.15, -0.1) is 0 Å². The summed E-state index contributed by atoms with van der Waals surface area (Å²) in [4.78, 5) is 22.0. The van der Waals surface area contributed by atoms with E-state index in [0.29, 0.717) is 0 Å². The number of ketones is 1. The predicted octanol–water partition coefficient (Wildman–Crippen LogP) is 2.55. The number of non-ortho nitro benzene ring substituents is 1. The molecule has 0 aliphatic rings. The van der Waals surface area contributed by atoms with Gasteiger partial charge in [0, 0.05) is 23.4 Å². The van der Waals surface area contributed by atoms with Crippen LogP contribution in [0.15, 0.2) is 42.5 Å². The minimum Gasteiger partial charge on any atom is -0.398 e. The fourth-order valence-corrected chi connectivity index (χ4v) is 1.66. The minimum atomic E-state index is -0.662. The molecule has 2 aromatic rings. The zero-order chi connectivity index (χ0) is 14.0. The van der Waals surface area contributed by atoms with E-state index in [1.165, 1.54) is 24.3 Å². The number of nitro benzene ring substituents is 1. The summed E-state index contributed by atoms with van der Waals surface area (Å²) in [7, 11) is 0. The van der Waals surface area contributed by atoms with Gasteiger partial charge < -0.3 is 5.73 Å². The van der Waals surface area contributed by atoms with Crippen LogP contribution in [0.3, 0.4) is 0 Å². The standard InChI is InChI=1S/C13H9FN2O3/c14-11-4-2-1-3-9(11)13(17)10-6-5-8(16(18)19)7-12(10)15/h1-7H,15H2. The molecule has 5 nitrogen and oxygen atoms in total. The van der Waals surface area contributed by atoms with Gasteiger partial charge >= 0.3 is 0 Å². The Balaban J connectivity index is 2.46. The first-order valence-electron chi connectivity index (χ1n) is 5.34. The molecule has 2 N–H and O–H groups in total. The Morgan fingerprint density at radius 1 is 1.16 bits per heavy atom. The third kappa shape index (κ3) is 2.42. The first kappa shape index (κ1) is 12.7. The van der Waals surface area contributed by atoms with Crippen LogP contribution in [0.1, 0.15) is 15.9 Å². The van der Waals surface area contributed by atoms with Crippen molar-refractivity contribution >= 4 is 17.2 Å². The second-order valence-corrected chi connectivity index (χ2v) is 3.84. The van der Waals surface area contributed by atoms with Crippen LogP contribution in [0.25, 0.3) is 0 Å². The van der Waals surface area contributed by atoms with Gasteiger partial charge in [-0.25, -0.2) is 4.39 Å². The molecule has 0 aromatic heterocycles. The van der Waals surface area contributed by atoms with Crippen LogP contribution >= 0.6 is 0 Å². The summed E-state index contributed by atoms with van der Waals surface area (Å²) in [5, 5.41) is 10.6. The summed E-state index contributed by atoms with van der Waals surface area (Å²) < 4.78 is 13.5. The molecule has 0 amide bonds. The molecule has 2 aromatic carbocycles. The lowest BCUT2D eigenvalue weighted by Crippen LogP contribution is -2.07. The fourth-order valence-electron chi connectivity index (χ4n) is 1.66. The number of halogens is 1. The van der Waals surface area contributed by atoms with Crippen molar-refractivity contribution in [2.75, 3.05) is 5.73 Å². The molecule has 0 saturated carbocycles. The molecular formula is C13H9FN2O3. The fraction of sp³-hybridized carbons (Fsp3) is 0. The Morgan fingerprint density at radius 3 is 2.42 bits per heavy atom. The zero-order valence-corrected chi connectivity index (χ0v) is 9.67. The summed E-state index contributed by atoms with van der Waals surface area (Å²) in [6, 6.07) is 8.94. The Hall–Kier alpha value is -2.76. The maximum Gasteiger partial charge on any atom is 0.271 e. The summed E-state index contributed by atoms with van der Waals surface area (Å²) in [6.45, 7) is 0. The Kier molecular flexibility index (Phi) is 3.24. The van der Waals surface area contributed by atoms with E-state index in [9.17, 15) is 19.3 Å². The van der Waals surface area contributed by atoms with Crippen LogP contribution in [-0.4, -0.2) is 10.7 Å². The molecule has 0 bridgehead atoms. The van der Waals surface area contributed by atoms with Crippen molar-refractivity contribution in [2.24, 2.45) is 0 Å². The topological polar surface area (TPSA) is 86.2 Å². The summed E-state index contributed by atoms with van der Waals surface area (Å²) in [6.07, 6.45) is 0. The lowest BCUT2D eigenvalue weighted by molar-refractivity contribution is -0.384. The van der Waals surface area contributed by atoms with Crippen molar-refractivity contribution in [3.8, 4) is 0 Å². The van der Waals surface area contributed by atoms with Gasteiger partial charge in [0.05, 0.1) is 10.5 Å². The second kappa shape index (κ2) is 4.85. The highest BCUT2D eigenvalue weighted by Crippen LogP contribution is 2.23. The van der Waals surface area contributed by atoms with Gasteiger partial charge in [0.2, 0.25) is 0 Å². The summed E-state index contributed by atoms with van der Waals surface area (Å²) in [5.74, 6) is -1.27. The van der Waals surface area contributed by atoms with Gasteiger partial charge in [0.25, 0.3) is 5.69 Å². The number of carbonyl (C=O) groups is 1. The molecule has 19 heavy (non-hydrogen) atoms. The van der Waals surface area contributed by atoms with E-state index in [0.717, 1.165) is 18.2 Å². The molecule has 0 unspecified atom stereocenters. The van der Waals surface area contributed by atoms with Crippen molar-refractivity contribution < 1.29 is 14.1 Å². The number of benzene rings is 2. The number of anilines is 1. The number of nitrogens with two attached hydrogens (primary N) is 1. The molecular weight excluding hydrogens is 251 g/mol. The maximum atomic E-state index is 13.5. The molecule has 2 rings (SSSR count). The van der Waals surface area contributed by atoms with E-state index < -0.39 is 16.5 Å². The van der Waals surface area contributed by atoms with Crippen LogP contribution in [0, 0.1) is 15.9 Å². The van der Waals surface area contributed by atoms with Crippen molar-refractivity contribution in [2.45, 2.75) is 0 Å². The van der Waals surface area contributed by atoms with Gasteiger partial charge in [-0.2, -0.15) is 0 Å². The quantitative estimate of drug-likeness (QED) is 0.397. The minimum absolute atomic E-state index is 0.0377. The number of nitrogens with zero attached hydrogens (tertiary/aromatic N) is 1. The predicted molar refractivity (Wildman–Crippen MR) is 67.3 cm³/mol. The van der Waals surface area contributed by atoms with Crippen LogP contribution in [0.5, 0.6) is 0 Å². The monoisotopic (exact) mass is 260 g/mol. The zero-order valence-electron chi connectivity index (χ0n) is 9.67. The van der Waals surface area contributed by atoms with E-state index in [4.69, 9.17) is 5.73 Å². The Bertz CT molecular complexity index is 671. The summed E-state index contributed by atoms with van der Waals surface area (Å²) in [5.41, 5.74) is 5.24. The van der Waals surface area contributed by atoms with Gasteiger partial charge in [-0.3, -0.25) is 14.9 Å². The van der Waals surface area contributed by atoms with Crippen molar-refractivity contribution in [1.82, 2.24) is 0 Å². The van der Waals surface area contributed by atoms with E-state index in [1.807, 2.05) is 0 Å². The molecule has 0 aliphatic carbocycles. The van der Waals surface area contributed by atoms with Crippen LogP contribution < -0.4 is 5.73 Å². The number of hydrogen-bond acceptors (Lipinski definition) is 4. The molecule has 96 valence electrons. The third-order valence-electron chi connectivity index (χ3n) is 2.61. The highest BCUT2D eigenvalue weighted by molar-refractivity contribution is 6.12. The van der Waals surface area contributed by atoms with E-state index >= 15 is 0 Å². The second-order valence-electron chi connectivity index (χ2n) is 3.84. The van der Waals surface area contributed by atoms with Crippen molar-refractivity contribution in [1.29, 1.82) is 0 Å². The first-order chi connectivity index (χ1) is 9.00. The maximum absolute atomic E-state index is 13.5. The molecule has 6 heteroatoms. The van der Waals surface area contributed by atoms with Crippen molar-refractivity contribution in [3.63, 3.8) is 0 Å². The van der Waals surface area contributed by atoms with Crippen LogP contribution in [-0.2, 0) is 0 Å². The number of hydrogen-bond donors (Lipinski definition) is 1. The Morgan fingerprint density at radius 2 is 1.84 bits per heavy atom. The number of rotatable bonds is 3. The van der Waals surface area contributed by atoms with Crippen LogP contribution in [0.2, 0.25) is 0 Å². The highest BCUT2D eigenvalue weighted by Gasteiger charge is 2.18. The third-order valence-corrected chi connectivity index (χ3v) is 2.61. The largest absolute Gasteiger partial charge is 0.398 e. The van der Waals surface area contributed by atoms with Crippen LogP contribution in [0.4, 0.5) is 15.8 Å². The molecule has 0 atom stereocenters. The first-order valence-corrected chi connectivity index (χ1v) is 5.34. The lowest BCUT2D eigenvalue weighted by Gasteiger charge is -2.05.